The highest BCUT2D eigenvalue weighted by Crippen LogP contribution is 2.21. The van der Waals surface area contributed by atoms with Crippen LogP contribution in [0.1, 0.15) is 64.5 Å². The maximum atomic E-state index is 5.94. The molecule has 2 nitrogen and oxygen atoms in total. The molecule has 0 saturated carbocycles. The van der Waals surface area contributed by atoms with Gasteiger partial charge < -0.3 is 10.1 Å². The van der Waals surface area contributed by atoms with Crippen LogP contribution in [-0.2, 0) is 0 Å². The fourth-order valence-corrected chi connectivity index (χ4v) is 2.52. The van der Waals surface area contributed by atoms with Gasteiger partial charge in [0.15, 0.2) is 0 Å². The maximum absolute atomic E-state index is 5.94. The molecule has 0 radical (unpaired) electrons. The Balaban J connectivity index is 2.48. The molecule has 2 heteroatoms. The zero-order chi connectivity index (χ0) is 14.8. The summed E-state index contributed by atoms with van der Waals surface area (Å²) in [6, 6.07) is 8.99. The van der Waals surface area contributed by atoms with Crippen LogP contribution in [-0.4, -0.2) is 13.7 Å². The molecule has 1 aromatic rings. The van der Waals surface area contributed by atoms with Crippen LogP contribution in [0.4, 0.5) is 0 Å². The SMILES string of the molecule is CCCCC(CC)COc1ccc(C(CC)NC)cc1. The summed E-state index contributed by atoms with van der Waals surface area (Å²) in [4.78, 5) is 0. The minimum absolute atomic E-state index is 0.442. The van der Waals surface area contributed by atoms with Crippen LogP contribution in [0.5, 0.6) is 5.75 Å². The fourth-order valence-electron chi connectivity index (χ4n) is 2.52. The molecule has 1 N–H and O–H groups in total. The van der Waals surface area contributed by atoms with E-state index in [1.54, 1.807) is 0 Å². The average molecular weight is 277 g/mol. The minimum atomic E-state index is 0.442. The molecule has 20 heavy (non-hydrogen) atoms. The van der Waals surface area contributed by atoms with E-state index >= 15 is 0 Å². The van der Waals surface area contributed by atoms with Gasteiger partial charge in [0.1, 0.15) is 5.75 Å². The molecule has 0 aromatic heterocycles. The largest absolute Gasteiger partial charge is 0.493 e. The molecule has 0 aliphatic heterocycles. The molecule has 2 unspecified atom stereocenters. The van der Waals surface area contributed by atoms with E-state index in [0.717, 1.165) is 18.8 Å². The standard InChI is InChI=1S/C18H31NO/c1-5-8-9-15(6-2)14-20-17-12-10-16(11-13-17)18(7-3)19-4/h10-13,15,18-19H,5-9,14H2,1-4H3. The Bertz CT molecular complexity index is 343. The summed E-state index contributed by atoms with van der Waals surface area (Å²) in [7, 11) is 2.01. The Morgan fingerprint density at radius 2 is 1.75 bits per heavy atom. The third kappa shape index (κ3) is 5.54. The van der Waals surface area contributed by atoms with Crippen LogP contribution in [0.2, 0.25) is 0 Å². The first-order valence-electron chi connectivity index (χ1n) is 8.15. The number of nitrogens with one attached hydrogen (secondary N) is 1. The van der Waals surface area contributed by atoms with Gasteiger partial charge in [0.05, 0.1) is 6.61 Å². The molecule has 0 amide bonds. The smallest absolute Gasteiger partial charge is 0.119 e. The first-order valence-corrected chi connectivity index (χ1v) is 8.15. The minimum Gasteiger partial charge on any atom is -0.493 e. The van der Waals surface area contributed by atoms with Crippen LogP contribution in [0.3, 0.4) is 0 Å². The van der Waals surface area contributed by atoms with Crippen LogP contribution in [0, 0.1) is 5.92 Å². The Kier molecular flexibility index (Phi) is 8.36. The lowest BCUT2D eigenvalue weighted by atomic mass is 10.0. The van der Waals surface area contributed by atoms with Crippen molar-refractivity contribution in [3.05, 3.63) is 29.8 Å². The van der Waals surface area contributed by atoms with E-state index in [1.165, 1.54) is 31.2 Å². The molecule has 2 atom stereocenters. The van der Waals surface area contributed by atoms with Crippen LogP contribution in [0.15, 0.2) is 24.3 Å². The summed E-state index contributed by atoms with van der Waals surface area (Å²) in [5, 5.41) is 3.33. The third-order valence-corrected chi connectivity index (χ3v) is 4.07. The zero-order valence-electron chi connectivity index (χ0n) is 13.6. The van der Waals surface area contributed by atoms with Crippen molar-refractivity contribution < 1.29 is 4.74 Å². The van der Waals surface area contributed by atoms with Crippen molar-refractivity contribution in [1.29, 1.82) is 0 Å². The van der Waals surface area contributed by atoms with Crippen molar-refractivity contribution in [3.63, 3.8) is 0 Å². The van der Waals surface area contributed by atoms with Crippen LogP contribution >= 0.6 is 0 Å². The van der Waals surface area contributed by atoms with Gasteiger partial charge >= 0.3 is 0 Å². The molecule has 0 spiro atoms. The first kappa shape index (κ1) is 17.0. The summed E-state index contributed by atoms with van der Waals surface area (Å²) in [6.07, 6.45) is 6.17. The second kappa shape index (κ2) is 9.82. The van der Waals surface area contributed by atoms with Crippen molar-refractivity contribution in [2.75, 3.05) is 13.7 Å². The third-order valence-electron chi connectivity index (χ3n) is 4.07. The Morgan fingerprint density at radius 3 is 2.25 bits per heavy atom. The summed E-state index contributed by atoms with van der Waals surface area (Å²) >= 11 is 0. The Hall–Kier alpha value is -1.02. The Morgan fingerprint density at radius 1 is 1.05 bits per heavy atom. The maximum Gasteiger partial charge on any atom is 0.119 e. The molecular formula is C18H31NO. The van der Waals surface area contributed by atoms with Crippen molar-refractivity contribution in [2.45, 2.75) is 58.9 Å². The first-order chi connectivity index (χ1) is 9.74. The van der Waals surface area contributed by atoms with Crippen molar-refractivity contribution in [2.24, 2.45) is 5.92 Å². The topological polar surface area (TPSA) is 21.3 Å². The highest BCUT2D eigenvalue weighted by Gasteiger charge is 2.08. The molecule has 114 valence electrons. The molecule has 0 heterocycles. The normalized spacial score (nSPS) is 14.0. The molecule has 1 aromatic carbocycles. The zero-order valence-corrected chi connectivity index (χ0v) is 13.6. The van der Waals surface area contributed by atoms with E-state index in [2.05, 4.69) is 50.4 Å². The second-order valence-electron chi connectivity index (χ2n) is 5.55. The highest BCUT2D eigenvalue weighted by molar-refractivity contribution is 5.29. The number of benzene rings is 1. The van der Waals surface area contributed by atoms with E-state index in [-0.39, 0.29) is 0 Å². The number of rotatable bonds is 10. The lowest BCUT2D eigenvalue weighted by molar-refractivity contribution is 0.233. The molecule has 1 rings (SSSR count). The average Bonchev–Trinajstić information content (AvgIpc) is 2.50. The van der Waals surface area contributed by atoms with E-state index < -0.39 is 0 Å². The van der Waals surface area contributed by atoms with Gasteiger partial charge in [0, 0.05) is 6.04 Å². The molecule has 0 bridgehead atoms. The monoisotopic (exact) mass is 277 g/mol. The van der Waals surface area contributed by atoms with Gasteiger partial charge in [-0.1, -0.05) is 52.2 Å². The van der Waals surface area contributed by atoms with Gasteiger partial charge in [-0.3, -0.25) is 0 Å². The molecule has 0 aliphatic rings. The highest BCUT2D eigenvalue weighted by atomic mass is 16.5. The van der Waals surface area contributed by atoms with E-state index in [9.17, 15) is 0 Å². The van der Waals surface area contributed by atoms with Crippen molar-refractivity contribution >= 4 is 0 Å². The van der Waals surface area contributed by atoms with Gasteiger partial charge in [-0.2, -0.15) is 0 Å². The van der Waals surface area contributed by atoms with Crippen molar-refractivity contribution in [3.8, 4) is 5.75 Å². The van der Waals surface area contributed by atoms with E-state index in [1.807, 2.05) is 7.05 Å². The number of hydrogen-bond donors (Lipinski definition) is 1. The van der Waals surface area contributed by atoms with E-state index in [4.69, 9.17) is 4.74 Å². The number of ether oxygens (including phenoxy) is 1. The number of unbranched alkanes of at least 4 members (excludes halogenated alkanes) is 1. The van der Waals surface area contributed by atoms with Crippen LogP contribution in [0.25, 0.3) is 0 Å². The van der Waals surface area contributed by atoms with Gasteiger partial charge in [-0.15, -0.1) is 0 Å². The van der Waals surface area contributed by atoms with Gasteiger partial charge in [0.2, 0.25) is 0 Å². The van der Waals surface area contributed by atoms with Crippen LogP contribution < -0.4 is 10.1 Å². The quantitative estimate of drug-likeness (QED) is 0.653. The molecule has 0 aliphatic carbocycles. The number of hydrogen-bond acceptors (Lipinski definition) is 2. The van der Waals surface area contributed by atoms with E-state index in [0.29, 0.717) is 12.0 Å². The molecule has 0 saturated heterocycles. The van der Waals surface area contributed by atoms with Gasteiger partial charge in [-0.25, -0.2) is 0 Å². The summed E-state index contributed by atoms with van der Waals surface area (Å²) < 4.78 is 5.94. The lowest BCUT2D eigenvalue weighted by Gasteiger charge is -2.17. The summed E-state index contributed by atoms with van der Waals surface area (Å²) in [5.74, 6) is 1.69. The van der Waals surface area contributed by atoms with Gasteiger partial charge in [-0.05, 0) is 43.5 Å². The predicted octanol–water partition coefficient (Wildman–Crippen LogP) is 4.95. The molecule has 0 fully saturated rings. The van der Waals surface area contributed by atoms with Crippen molar-refractivity contribution in [1.82, 2.24) is 5.32 Å². The lowest BCUT2D eigenvalue weighted by Crippen LogP contribution is -2.15. The summed E-state index contributed by atoms with van der Waals surface area (Å²) in [6.45, 7) is 7.55. The van der Waals surface area contributed by atoms with Gasteiger partial charge in [0.25, 0.3) is 0 Å². The summed E-state index contributed by atoms with van der Waals surface area (Å²) in [5.41, 5.74) is 1.33. The Labute approximate surface area is 124 Å². The predicted molar refractivity (Wildman–Crippen MR) is 87.3 cm³/mol. The molecular weight excluding hydrogens is 246 g/mol. The second-order valence-corrected chi connectivity index (χ2v) is 5.55. The fraction of sp³-hybridized carbons (Fsp3) is 0.667.